The minimum Gasteiger partial charge on any atom is -0.379 e. The molecule has 1 saturated carbocycles. The number of fused-ring (bicyclic) bond motifs is 1. The lowest BCUT2D eigenvalue weighted by molar-refractivity contribution is -0.129. The van der Waals surface area contributed by atoms with Crippen LogP contribution in [0.4, 0.5) is 0 Å². The smallest absolute Gasteiger partial charge is 0.247 e. The van der Waals surface area contributed by atoms with Gasteiger partial charge in [0.05, 0.1) is 28.4 Å². The maximum Gasteiger partial charge on any atom is 0.247 e. The number of carbonyl (C=O) groups is 3. The van der Waals surface area contributed by atoms with E-state index in [0.717, 1.165) is 47.6 Å². The molecule has 1 aromatic heterocycles. The van der Waals surface area contributed by atoms with Crippen molar-refractivity contribution in [3.63, 3.8) is 0 Å². The van der Waals surface area contributed by atoms with Crippen LogP contribution in [0.15, 0.2) is 30.4 Å². The summed E-state index contributed by atoms with van der Waals surface area (Å²) in [6.07, 6.45) is 8.05. The molecule has 2 heterocycles. The molecule has 3 amide bonds. The molecule has 2 aliphatic rings. The van der Waals surface area contributed by atoms with Crippen LogP contribution in [0, 0.1) is 5.92 Å². The van der Waals surface area contributed by atoms with Crippen molar-refractivity contribution in [2.75, 3.05) is 39.4 Å². The van der Waals surface area contributed by atoms with Gasteiger partial charge in [0.1, 0.15) is 6.04 Å². The minimum absolute atomic E-state index is 0.146. The van der Waals surface area contributed by atoms with Gasteiger partial charge in [0.25, 0.3) is 0 Å². The van der Waals surface area contributed by atoms with Gasteiger partial charge in [-0.2, -0.15) is 0 Å². The summed E-state index contributed by atoms with van der Waals surface area (Å²) in [5.74, 6) is 0.332. The van der Waals surface area contributed by atoms with Gasteiger partial charge in [-0.15, -0.1) is 11.3 Å². The number of hydrogen-bond acceptors (Lipinski definition) is 7. The summed E-state index contributed by atoms with van der Waals surface area (Å²) >= 11 is 1.57. The van der Waals surface area contributed by atoms with Crippen LogP contribution in [-0.4, -0.2) is 79.1 Å². The second-order valence-electron chi connectivity index (χ2n) is 12.7. The van der Waals surface area contributed by atoms with Crippen LogP contribution in [0.1, 0.15) is 88.6 Å². The van der Waals surface area contributed by atoms with Crippen LogP contribution in [0.5, 0.6) is 0 Å². The Hall–Kier alpha value is -2.82. The first-order chi connectivity index (χ1) is 21.2. The predicted molar refractivity (Wildman–Crippen MR) is 177 cm³/mol. The zero-order valence-electron chi connectivity index (χ0n) is 26.8. The largest absolute Gasteiger partial charge is 0.379 e. The Balaban J connectivity index is 1.44. The van der Waals surface area contributed by atoms with Crippen LogP contribution in [0.25, 0.3) is 10.2 Å². The predicted octanol–water partition coefficient (Wildman–Crippen LogP) is 4.71. The third-order valence-electron chi connectivity index (χ3n) is 8.67. The average molecular weight is 626 g/mol. The second kappa shape index (κ2) is 17.0. The summed E-state index contributed by atoms with van der Waals surface area (Å²) in [4.78, 5) is 46.5. The van der Waals surface area contributed by atoms with Gasteiger partial charge in [-0.25, -0.2) is 4.98 Å². The van der Waals surface area contributed by atoms with Gasteiger partial charge in [-0.1, -0.05) is 65.5 Å². The number of carbonyl (C=O) groups excluding carboxylic acids is 3. The van der Waals surface area contributed by atoms with Crippen LogP contribution in [0.3, 0.4) is 0 Å². The lowest BCUT2D eigenvalue weighted by atomic mass is 9.84. The number of nitrogens with one attached hydrogen (secondary N) is 3. The molecule has 2 aromatic rings. The Labute approximate surface area is 266 Å². The standard InChI is InChI=1S/C34H51N5O4S/c1-5-9-31(40)37-29(20-32-38-28-13-12-26(23(2)3)19-30(28)44-32)34(42)36-27(18-25-10-7-6-8-11-25)21-35-33(41)24(4)22-39-14-16-43-17-15-39/h12-13,19,23,25,27,29H,4-11,14-18,20-22H2,1-3H3,(H,35,41)(H,36,42)(H,37,40)/t27-,29-/m0/s1. The number of thiazole rings is 1. The topological polar surface area (TPSA) is 113 Å². The highest BCUT2D eigenvalue weighted by Crippen LogP contribution is 2.28. The van der Waals surface area contributed by atoms with Crippen LogP contribution < -0.4 is 16.0 Å². The van der Waals surface area contributed by atoms with Gasteiger partial charge in [0.2, 0.25) is 17.7 Å². The van der Waals surface area contributed by atoms with E-state index in [2.05, 4.69) is 53.4 Å². The molecule has 1 saturated heterocycles. The molecule has 2 fully saturated rings. The Bertz CT molecular complexity index is 1270. The zero-order chi connectivity index (χ0) is 31.5. The molecule has 1 aliphatic heterocycles. The van der Waals surface area contributed by atoms with E-state index in [0.29, 0.717) is 63.0 Å². The van der Waals surface area contributed by atoms with Crippen molar-refractivity contribution in [3.05, 3.63) is 40.9 Å². The Kier molecular flexibility index (Phi) is 13.2. The van der Waals surface area contributed by atoms with Crippen LogP contribution >= 0.6 is 11.3 Å². The molecule has 1 aliphatic carbocycles. The van der Waals surface area contributed by atoms with E-state index in [4.69, 9.17) is 9.72 Å². The van der Waals surface area contributed by atoms with Crippen molar-refractivity contribution in [1.82, 2.24) is 25.8 Å². The third-order valence-corrected chi connectivity index (χ3v) is 9.71. The summed E-state index contributed by atoms with van der Waals surface area (Å²) in [5.41, 5.74) is 2.66. The Morgan fingerprint density at radius 3 is 2.57 bits per heavy atom. The number of morpholine rings is 1. The number of aromatic nitrogens is 1. The molecule has 4 rings (SSSR count). The summed E-state index contributed by atoms with van der Waals surface area (Å²) in [6, 6.07) is 5.30. The normalized spacial score (nSPS) is 17.7. The maximum atomic E-state index is 13.8. The lowest BCUT2D eigenvalue weighted by Crippen LogP contribution is -2.53. The van der Waals surface area contributed by atoms with E-state index in [-0.39, 0.29) is 23.8 Å². The van der Waals surface area contributed by atoms with Gasteiger partial charge in [0, 0.05) is 50.6 Å². The number of rotatable bonds is 15. The molecule has 1 aromatic carbocycles. The van der Waals surface area contributed by atoms with E-state index >= 15 is 0 Å². The molecule has 44 heavy (non-hydrogen) atoms. The number of benzene rings is 1. The molecule has 3 N–H and O–H groups in total. The van der Waals surface area contributed by atoms with Gasteiger partial charge < -0.3 is 20.7 Å². The first kappa shape index (κ1) is 34.1. The fraction of sp³-hybridized carbons (Fsp3) is 0.647. The number of amides is 3. The monoisotopic (exact) mass is 625 g/mol. The molecule has 0 spiro atoms. The van der Waals surface area contributed by atoms with E-state index in [1.54, 1.807) is 11.3 Å². The summed E-state index contributed by atoms with van der Waals surface area (Å²) in [6.45, 7) is 14.0. The number of hydrogen-bond donors (Lipinski definition) is 3. The minimum atomic E-state index is -0.750. The molecule has 0 radical (unpaired) electrons. The highest BCUT2D eigenvalue weighted by atomic mass is 32.1. The van der Waals surface area contributed by atoms with Crippen molar-refractivity contribution in [3.8, 4) is 0 Å². The third kappa shape index (κ3) is 10.4. The molecule has 0 unspecified atom stereocenters. The zero-order valence-corrected chi connectivity index (χ0v) is 27.6. The fourth-order valence-corrected chi connectivity index (χ4v) is 7.14. The van der Waals surface area contributed by atoms with Crippen molar-refractivity contribution >= 4 is 39.3 Å². The fourth-order valence-electron chi connectivity index (χ4n) is 6.07. The Morgan fingerprint density at radius 1 is 1.11 bits per heavy atom. The summed E-state index contributed by atoms with van der Waals surface area (Å²) in [7, 11) is 0. The molecule has 10 heteroatoms. The van der Waals surface area contributed by atoms with E-state index < -0.39 is 6.04 Å². The number of ether oxygens (including phenoxy) is 1. The molecule has 0 bridgehead atoms. The first-order valence-electron chi connectivity index (χ1n) is 16.5. The van der Waals surface area contributed by atoms with Crippen molar-refractivity contribution in [1.29, 1.82) is 0 Å². The first-order valence-corrected chi connectivity index (χ1v) is 17.3. The van der Waals surface area contributed by atoms with Gasteiger partial charge in [0.15, 0.2) is 0 Å². The molecular weight excluding hydrogens is 574 g/mol. The maximum absolute atomic E-state index is 13.8. The molecule has 2 atom stereocenters. The summed E-state index contributed by atoms with van der Waals surface area (Å²) < 4.78 is 6.49. The van der Waals surface area contributed by atoms with Crippen molar-refractivity contribution in [2.45, 2.75) is 96.6 Å². The summed E-state index contributed by atoms with van der Waals surface area (Å²) in [5, 5.41) is 10.0. The van der Waals surface area contributed by atoms with Crippen LogP contribution in [-0.2, 0) is 25.5 Å². The Morgan fingerprint density at radius 2 is 1.86 bits per heavy atom. The second-order valence-corrected chi connectivity index (χ2v) is 13.8. The SMILES string of the molecule is C=C(CN1CCOCC1)C(=O)NC[C@H](CC1CCCCC1)NC(=O)[C@H](Cc1nc2ccc(C(C)C)cc2s1)NC(=O)CCC. The van der Waals surface area contributed by atoms with E-state index in [1.165, 1.54) is 24.8 Å². The van der Waals surface area contributed by atoms with Crippen molar-refractivity contribution < 1.29 is 19.1 Å². The van der Waals surface area contributed by atoms with Crippen molar-refractivity contribution in [2.24, 2.45) is 5.92 Å². The van der Waals surface area contributed by atoms with E-state index in [9.17, 15) is 14.4 Å². The number of nitrogens with zero attached hydrogens (tertiary/aromatic N) is 2. The lowest BCUT2D eigenvalue weighted by Gasteiger charge is -2.29. The highest BCUT2D eigenvalue weighted by molar-refractivity contribution is 7.18. The highest BCUT2D eigenvalue weighted by Gasteiger charge is 2.28. The molecular formula is C34H51N5O4S. The average Bonchev–Trinajstić information content (AvgIpc) is 3.42. The van der Waals surface area contributed by atoms with Gasteiger partial charge in [-0.05, 0) is 42.4 Å². The van der Waals surface area contributed by atoms with E-state index in [1.807, 2.05) is 13.0 Å². The van der Waals surface area contributed by atoms with Gasteiger partial charge in [-0.3, -0.25) is 19.3 Å². The quantitative estimate of drug-likeness (QED) is 0.247. The van der Waals surface area contributed by atoms with Crippen LogP contribution in [0.2, 0.25) is 0 Å². The molecule has 9 nitrogen and oxygen atoms in total. The van der Waals surface area contributed by atoms with Gasteiger partial charge >= 0.3 is 0 Å². The molecule has 242 valence electrons.